The van der Waals surface area contributed by atoms with Gasteiger partial charge in [0.15, 0.2) is 0 Å². The summed E-state index contributed by atoms with van der Waals surface area (Å²) in [5, 5.41) is 15.2. The summed E-state index contributed by atoms with van der Waals surface area (Å²) in [5.41, 5.74) is 4.23. The molecule has 1 unspecified atom stereocenters. The smallest absolute Gasteiger partial charge is 0.280 e. The molecule has 2 aromatic heterocycles. The van der Waals surface area contributed by atoms with Crippen LogP contribution >= 0.6 is 11.3 Å². The van der Waals surface area contributed by atoms with Gasteiger partial charge in [0.2, 0.25) is 5.91 Å². The van der Waals surface area contributed by atoms with Gasteiger partial charge in [-0.2, -0.15) is 0 Å². The summed E-state index contributed by atoms with van der Waals surface area (Å²) in [6.45, 7) is 2.06. The van der Waals surface area contributed by atoms with Crippen molar-refractivity contribution in [2.45, 2.75) is 75.5 Å². The second-order valence-electron chi connectivity index (χ2n) is 16.6. The maximum Gasteiger partial charge on any atom is 0.280 e. The number of alkyl halides is 2. The lowest BCUT2D eigenvalue weighted by molar-refractivity contribution is -0.132. The lowest BCUT2D eigenvalue weighted by Gasteiger charge is -2.45. The molecule has 0 spiro atoms. The Kier molecular flexibility index (Phi) is 11.4. The highest BCUT2D eigenvalue weighted by atomic mass is 32.1. The van der Waals surface area contributed by atoms with Crippen molar-refractivity contribution in [2.24, 2.45) is 7.05 Å². The van der Waals surface area contributed by atoms with Crippen molar-refractivity contribution in [3.05, 3.63) is 74.5 Å². The van der Waals surface area contributed by atoms with Crippen LogP contribution in [0.4, 0.5) is 14.5 Å². The number of nitrogens with zero attached hydrogens (tertiary/aromatic N) is 5. The number of methoxy groups -OCH3 is 2. The molecule has 0 aliphatic carbocycles. The van der Waals surface area contributed by atoms with Gasteiger partial charge in [0.05, 0.1) is 42.6 Å². The number of rotatable bonds is 10. The maximum atomic E-state index is 15.9. The van der Waals surface area contributed by atoms with Crippen LogP contribution in [0.25, 0.3) is 21.2 Å². The standard InChI is InChI=1S/C43H51F2N7O7S/c1-48(2)21-31-33(58-4)16-25(17-34(31)59-5)30-22-49(3)41(56)29-19-35(60-38(29)30)40(55)46-36-12-15-51(23-43(36,44)45)26-10-13-50(14-11-26)27-7-6-24-20-52(42(57)28(24)18-27)32-8-9-37(53)47-39(32)54/h6-7,16-19,22,26,32,36-37,53H,8-15,20-21,23H2,1-5H3,(H,46,55)(H,47,54)/t32-,36+,37?/m1/s1. The number of aryl methyl sites for hydroxylation is 1. The molecule has 320 valence electrons. The van der Waals surface area contributed by atoms with Crippen LogP contribution in [0.1, 0.15) is 63.3 Å². The number of nitrogens with one attached hydrogen (secondary N) is 2. The molecule has 3 saturated heterocycles. The molecule has 2 aromatic carbocycles. The van der Waals surface area contributed by atoms with Crippen molar-refractivity contribution in [1.82, 2.24) is 29.9 Å². The molecule has 3 amide bonds. The molecule has 6 heterocycles. The molecule has 4 aliphatic rings. The van der Waals surface area contributed by atoms with Crippen molar-refractivity contribution in [1.29, 1.82) is 0 Å². The molecule has 0 saturated carbocycles. The highest BCUT2D eigenvalue weighted by Gasteiger charge is 2.47. The van der Waals surface area contributed by atoms with Crippen LogP contribution in [-0.2, 0) is 24.9 Å². The van der Waals surface area contributed by atoms with Gasteiger partial charge in [-0.25, -0.2) is 8.78 Å². The van der Waals surface area contributed by atoms with E-state index >= 15 is 8.78 Å². The third-order valence-corrected chi connectivity index (χ3v) is 13.5. The number of aliphatic hydroxyl groups is 1. The number of piperidine rings is 3. The summed E-state index contributed by atoms with van der Waals surface area (Å²) < 4.78 is 45.3. The normalized spacial score (nSPS) is 22.3. The van der Waals surface area contributed by atoms with Crippen LogP contribution in [0, 0.1) is 0 Å². The number of likely N-dealkylation sites (tertiary alicyclic amines) is 1. The third-order valence-electron chi connectivity index (χ3n) is 12.4. The number of fused-ring (bicyclic) bond motifs is 2. The zero-order valence-electron chi connectivity index (χ0n) is 34.4. The average molecular weight is 848 g/mol. The quantitative estimate of drug-likeness (QED) is 0.214. The minimum absolute atomic E-state index is 0.0666. The summed E-state index contributed by atoms with van der Waals surface area (Å²) in [6, 6.07) is 8.92. The van der Waals surface area contributed by atoms with Crippen LogP contribution < -0.4 is 30.6 Å². The minimum atomic E-state index is -3.19. The van der Waals surface area contributed by atoms with E-state index in [0.717, 1.165) is 28.2 Å². The monoisotopic (exact) mass is 847 g/mol. The van der Waals surface area contributed by atoms with E-state index in [1.165, 1.54) is 10.6 Å². The van der Waals surface area contributed by atoms with Gasteiger partial charge in [0.1, 0.15) is 23.8 Å². The highest BCUT2D eigenvalue weighted by molar-refractivity contribution is 7.21. The van der Waals surface area contributed by atoms with Gasteiger partial charge in [0.25, 0.3) is 23.3 Å². The van der Waals surface area contributed by atoms with E-state index in [1.54, 1.807) is 32.4 Å². The fraction of sp³-hybridized carbons (Fsp3) is 0.488. The predicted octanol–water partition coefficient (Wildman–Crippen LogP) is 4.01. The number of ether oxygens (including phenoxy) is 2. The number of thiophene rings is 1. The number of anilines is 1. The molecular weight excluding hydrogens is 797 g/mol. The first-order chi connectivity index (χ1) is 28.6. The zero-order valence-corrected chi connectivity index (χ0v) is 35.2. The first-order valence-electron chi connectivity index (χ1n) is 20.3. The number of aliphatic hydroxyl groups excluding tert-OH is 1. The van der Waals surface area contributed by atoms with Crippen LogP contribution in [0.5, 0.6) is 11.5 Å². The van der Waals surface area contributed by atoms with Crippen molar-refractivity contribution < 1.29 is 37.7 Å². The first-order valence-corrected chi connectivity index (χ1v) is 21.1. The SMILES string of the molecule is COc1cc(-c2cn(C)c(=O)c3cc(C(=O)N[C@H]4CCN(C5CCN(c6ccc7c(c6)C(=O)N([C@@H]6CCC(O)NC6=O)C7)CC5)CC4(F)F)sc23)cc(OC)c1CN(C)C. The van der Waals surface area contributed by atoms with E-state index in [4.69, 9.17) is 9.47 Å². The van der Waals surface area contributed by atoms with Gasteiger partial charge in [-0.15, -0.1) is 11.3 Å². The Balaban J connectivity index is 0.912. The van der Waals surface area contributed by atoms with E-state index in [9.17, 15) is 24.3 Å². The Morgan fingerprint density at radius 2 is 1.70 bits per heavy atom. The largest absolute Gasteiger partial charge is 0.496 e. The number of carbonyl (C=O) groups is 3. The van der Waals surface area contributed by atoms with Gasteiger partial charge < -0.3 is 44.5 Å². The number of halogens is 2. The molecule has 3 atom stereocenters. The van der Waals surface area contributed by atoms with Crippen LogP contribution in [0.2, 0.25) is 0 Å². The summed E-state index contributed by atoms with van der Waals surface area (Å²) in [4.78, 5) is 60.6. The molecule has 3 N–H and O–H groups in total. The van der Waals surface area contributed by atoms with Gasteiger partial charge >= 0.3 is 0 Å². The summed E-state index contributed by atoms with van der Waals surface area (Å²) in [6.07, 6.45) is 2.96. The minimum Gasteiger partial charge on any atom is -0.496 e. The maximum absolute atomic E-state index is 15.9. The molecule has 4 aliphatic heterocycles. The fourth-order valence-electron chi connectivity index (χ4n) is 9.19. The molecule has 17 heteroatoms. The lowest BCUT2D eigenvalue weighted by atomic mass is 9.95. The second kappa shape index (κ2) is 16.4. The summed E-state index contributed by atoms with van der Waals surface area (Å²) in [5.74, 6) is -3.19. The number of hydrogen-bond donors (Lipinski definition) is 3. The number of pyridine rings is 1. The van der Waals surface area contributed by atoms with Gasteiger partial charge in [-0.1, -0.05) is 6.07 Å². The average Bonchev–Trinajstić information content (AvgIpc) is 3.81. The van der Waals surface area contributed by atoms with Crippen LogP contribution in [0.3, 0.4) is 0 Å². The molecule has 0 bridgehead atoms. The summed E-state index contributed by atoms with van der Waals surface area (Å²) in [7, 11) is 8.68. The van der Waals surface area contributed by atoms with Gasteiger partial charge in [-0.05, 0) is 87.7 Å². The number of benzene rings is 2. The molecule has 0 radical (unpaired) electrons. The van der Waals surface area contributed by atoms with Crippen molar-refractivity contribution in [3.63, 3.8) is 0 Å². The molecule has 3 fully saturated rings. The topological polar surface area (TPSA) is 149 Å². The fourth-order valence-corrected chi connectivity index (χ4v) is 10.3. The Hall–Kier alpha value is -5.10. The predicted molar refractivity (Wildman–Crippen MR) is 224 cm³/mol. The molecule has 60 heavy (non-hydrogen) atoms. The number of amides is 3. The van der Waals surface area contributed by atoms with Crippen molar-refractivity contribution in [2.75, 3.05) is 59.4 Å². The molecule has 8 rings (SSSR count). The van der Waals surface area contributed by atoms with Gasteiger partial charge in [0, 0.05) is 73.5 Å². The summed E-state index contributed by atoms with van der Waals surface area (Å²) >= 11 is 1.09. The van der Waals surface area contributed by atoms with Crippen LogP contribution in [-0.4, -0.2) is 127 Å². The highest BCUT2D eigenvalue weighted by Crippen LogP contribution is 2.40. The number of carbonyl (C=O) groups excluding carboxylic acids is 3. The van der Waals surface area contributed by atoms with Crippen LogP contribution in [0.15, 0.2) is 47.4 Å². The zero-order chi connectivity index (χ0) is 42.6. The Labute approximate surface area is 350 Å². The Morgan fingerprint density at radius 1 is 0.983 bits per heavy atom. The first kappa shape index (κ1) is 41.6. The molecular formula is C43H51F2N7O7S. The Morgan fingerprint density at radius 3 is 2.35 bits per heavy atom. The number of hydrogen-bond acceptors (Lipinski definition) is 11. The van der Waals surface area contributed by atoms with E-state index in [1.807, 2.05) is 54.2 Å². The second-order valence-corrected chi connectivity index (χ2v) is 17.6. The number of aromatic nitrogens is 1. The van der Waals surface area contributed by atoms with E-state index < -0.39 is 36.7 Å². The van der Waals surface area contributed by atoms with E-state index in [0.29, 0.717) is 96.7 Å². The van der Waals surface area contributed by atoms with Crippen molar-refractivity contribution in [3.8, 4) is 22.6 Å². The third kappa shape index (κ3) is 7.83. The Bertz CT molecular complexity index is 2370. The van der Waals surface area contributed by atoms with E-state index in [2.05, 4.69) is 15.5 Å². The van der Waals surface area contributed by atoms with Crippen molar-refractivity contribution >= 4 is 44.8 Å². The molecule has 4 aromatic rings. The van der Waals surface area contributed by atoms with E-state index in [-0.39, 0.29) is 34.7 Å². The van der Waals surface area contributed by atoms with Gasteiger partial charge in [-0.3, -0.25) is 24.1 Å². The lowest BCUT2D eigenvalue weighted by Crippen LogP contribution is -2.61. The molecule has 14 nitrogen and oxygen atoms in total.